The minimum atomic E-state index is 0.282. The molecule has 0 atom stereocenters. The molecule has 27 heavy (non-hydrogen) atoms. The Morgan fingerprint density at radius 2 is 1.74 bits per heavy atom. The van der Waals surface area contributed by atoms with Crippen LogP contribution in [0.15, 0.2) is 82.2 Å². The molecular formula is C19H12N6O2. The van der Waals surface area contributed by atoms with Crippen molar-refractivity contribution in [2.75, 3.05) is 0 Å². The first kappa shape index (κ1) is 15.2. The number of para-hydroxylation sites is 1. The molecule has 0 N–H and O–H groups in total. The van der Waals surface area contributed by atoms with E-state index in [1.165, 1.54) is 0 Å². The molecule has 1 aromatic carbocycles. The van der Waals surface area contributed by atoms with Gasteiger partial charge in [0.1, 0.15) is 5.69 Å². The van der Waals surface area contributed by atoms with Crippen molar-refractivity contribution in [3.63, 3.8) is 0 Å². The molecule has 0 saturated heterocycles. The lowest BCUT2D eigenvalue weighted by atomic mass is 10.1. The van der Waals surface area contributed by atoms with Gasteiger partial charge in [-0.05, 0) is 36.4 Å². The molecule has 8 heteroatoms. The van der Waals surface area contributed by atoms with Gasteiger partial charge in [0.25, 0.3) is 5.89 Å². The molecule has 0 saturated carbocycles. The standard InChI is InChI=1S/C19H12N6O2/c1-2-5-14(6-3-1)25-17(13-8-10-20-11-9-13)16(22-24-25)18-21-19(27-23-18)15-7-4-12-26-15/h1-12H. The normalized spacial score (nSPS) is 11.0. The Labute approximate surface area is 153 Å². The van der Waals surface area contributed by atoms with Crippen LogP contribution in [0.25, 0.3) is 40.1 Å². The largest absolute Gasteiger partial charge is 0.459 e. The Balaban J connectivity index is 1.68. The lowest BCUT2D eigenvalue weighted by Gasteiger charge is -2.06. The summed E-state index contributed by atoms with van der Waals surface area (Å²) in [4.78, 5) is 8.50. The third kappa shape index (κ3) is 2.69. The van der Waals surface area contributed by atoms with Gasteiger partial charge < -0.3 is 8.94 Å². The summed E-state index contributed by atoms with van der Waals surface area (Å²) in [7, 11) is 0. The highest BCUT2D eigenvalue weighted by Crippen LogP contribution is 2.31. The van der Waals surface area contributed by atoms with Crippen LogP contribution in [0.4, 0.5) is 0 Å². The topological polar surface area (TPSA) is 95.7 Å². The Kier molecular flexibility index (Phi) is 3.57. The number of hydrogen-bond donors (Lipinski definition) is 0. The van der Waals surface area contributed by atoms with Crippen LogP contribution in [0.5, 0.6) is 0 Å². The summed E-state index contributed by atoms with van der Waals surface area (Å²) in [5, 5.41) is 12.7. The highest BCUT2D eigenvalue weighted by Gasteiger charge is 2.23. The fourth-order valence-corrected chi connectivity index (χ4v) is 2.77. The Bertz CT molecular complexity index is 1160. The lowest BCUT2D eigenvalue weighted by Crippen LogP contribution is -1.99. The second kappa shape index (κ2) is 6.34. The van der Waals surface area contributed by atoms with Gasteiger partial charge >= 0.3 is 0 Å². The predicted molar refractivity (Wildman–Crippen MR) is 95.6 cm³/mol. The van der Waals surface area contributed by atoms with Gasteiger partial charge in [-0.3, -0.25) is 4.98 Å². The third-order valence-corrected chi connectivity index (χ3v) is 3.99. The van der Waals surface area contributed by atoms with Crippen molar-refractivity contribution in [2.24, 2.45) is 0 Å². The second-order valence-corrected chi connectivity index (χ2v) is 5.67. The fourth-order valence-electron chi connectivity index (χ4n) is 2.77. The number of hydrogen-bond acceptors (Lipinski definition) is 7. The first-order valence-corrected chi connectivity index (χ1v) is 8.19. The summed E-state index contributed by atoms with van der Waals surface area (Å²) in [6.07, 6.45) is 4.98. The van der Waals surface area contributed by atoms with E-state index < -0.39 is 0 Å². The van der Waals surface area contributed by atoms with Gasteiger partial charge in [0.15, 0.2) is 11.5 Å². The predicted octanol–water partition coefficient (Wildman–Crippen LogP) is 3.64. The van der Waals surface area contributed by atoms with Gasteiger partial charge in [0, 0.05) is 18.0 Å². The van der Waals surface area contributed by atoms with Gasteiger partial charge in [-0.1, -0.05) is 28.6 Å². The highest BCUT2D eigenvalue weighted by molar-refractivity contribution is 5.76. The van der Waals surface area contributed by atoms with Crippen LogP contribution in [-0.2, 0) is 0 Å². The van der Waals surface area contributed by atoms with Gasteiger partial charge in [0.2, 0.25) is 5.82 Å². The first-order valence-electron chi connectivity index (χ1n) is 8.19. The van der Waals surface area contributed by atoms with E-state index in [1.807, 2.05) is 42.5 Å². The number of rotatable bonds is 4. The first-order chi connectivity index (χ1) is 13.4. The van der Waals surface area contributed by atoms with Gasteiger partial charge in [-0.15, -0.1) is 5.10 Å². The molecule has 8 nitrogen and oxygen atoms in total. The fraction of sp³-hybridized carbons (Fsp3) is 0. The summed E-state index contributed by atoms with van der Waals surface area (Å²) in [5.74, 6) is 1.11. The van der Waals surface area contributed by atoms with Crippen molar-refractivity contribution in [1.82, 2.24) is 30.1 Å². The zero-order valence-corrected chi connectivity index (χ0v) is 13.9. The van der Waals surface area contributed by atoms with E-state index in [-0.39, 0.29) is 5.89 Å². The van der Waals surface area contributed by atoms with Crippen molar-refractivity contribution in [3.05, 3.63) is 73.3 Å². The lowest BCUT2D eigenvalue weighted by molar-refractivity contribution is 0.416. The molecule has 130 valence electrons. The van der Waals surface area contributed by atoms with Crippen LogP contribution < -0.4 is 0 Å². The quantitative estimate of drug-likeness (QED) is 0.485. The molecule has 5 rings (SSSR count). The molecule has 0 aliphatic heterocycles. The molecule has 0 amide bonds. The van der Waals surface area contributed by atoms with Crippen molar-refractivity contribution in [3.8, 4) is 40.1 Å². The summed E-state index contributed by atoms with van der Waals surface area (Å²) >= 11 is 0. The van der Waals surface area contributed by atoms with Crippen LogP contribution in [0.3, 0.4) is 0 Å². The highest BCUT2D eigenvalue weighted by atomic mass is 16.5. The van der Waals surface area contributed by atoms with Crippen LogP contribution in [0.2, 0.25) is 0 Å². The third-order valence-electron chi connectivity index (χ3n) is 3.99. The smallest absolute Gasteiger partial charge is 0.293 e. The maximum Gasteiger partial charge on any atom is 0.293 e. The van der Waals surface area contributed by atoms with E-state index in [1.54, 1.807) is 35.5 Å². The second-order valence-electron chi connectivity index (χ2n) is 5.67. The van der Waals surface area contributed by atoms with E-state index >= 15 is 0 Å². The van der Waals surface area contributed by atoms with Crippen molar-refractivity contribution in [2.45, 2.75) is 0 Å². The maximum absolute atomic E-state index is 5.33. The average molecular weight is 356 g/mol. The summed E-state index contributed by atoms with van der Waals surface area (Å²) in [6.45, 7) is 0. The monoisotopic (exact) mass is 356 g/mol. The number of nitrogens with zero attached hydrogens (tertiary/aromatic N) is 6. The van der Waals surface area contributed by atoms with Gasteiger partial charge in [0.05, 0.1) is 12.0 Å². The summed E-state index contributed by atoms with van der Waals surface area (Å²) in [6, 6.07) is 17.0. The molecule has 4 heterocycles. The van der Waals surface area contributed by atoms with Gasteiger partial charge in [-0.2, -0.15) is 4.98 Å². The van der Waals surface area contributed by atoms with Crippen LogP contribution in [-0.4, -0.2) is 30.1 Å². The minimum Gasteiger partial charge on any atom is -0.459 e. The van der Waals surface area contributed by atoms with Crippen LogP contribution in [0.1, 0.15) is 0 Å². The molecule has 0 spiro atoms. The number of pyridine rings is 1. The van der Waals surface area contributed by atoms with E-state index in [9.17, 15) is 0 Å². The van der Waals surface area contributed by atoms with E-state index in [0.29, 0.717) is 17.3 Å². The van der Waals surface area contributed by atoms with Crippen molar-refractivity contribution >= 4 is 0 Å². The molecule has 0 fully saturated rings. The molecule has 0 bridgehead atoms. The summed E-state index contributed by atoms with van der Waals surface area (Å²) < 4.78 is 12.4. The molecule has 5 aromatic rings. The molecule has 0 radical (unpaired) electrons. The van der Waals surface area contributed by atoms with Gasteiger partial charge in [-0.25, -0.2) is 4.68 Å². The number of benzene rings is 1. The van der Waals surface area contributed by atoms with Crippen molar-refractivity contribution in [1.29, 1.82) is 0 Å². The Morgan fingerprint density at radius 3 is 2.52 bits per heavy atom. The molecule has 4 aromatic heterocycles. The molecule has 0 unspecified atom stereocenters. The molecule has 0 aliphatic rings. The SMILES string of the molecule is c1ccc(-n2nnc(-c3noc(-c4ccco4)n3)c2-c2ccncc2)cc1. The zero-order valence-electron chi connectivity index (χ0n) is 13.9. The molecular weight excluding hydrogens is 344 g/mol. The van der Waals surface area contributed by atoms with Crippen molar-refractivity contribution < 1.29 is 8.94 Å². The van der Waals surface area contributed by atoms with E-state index in [4.69, 9.17) is 8.94 Å². The zero-order chi connectivity index (χ0) is 18.1. The Morgan fingerprint density at radius 1 is 0.889 bits per heavy atom. The molecule has 0 aliphatic carbocycles. The Hall–Kier alpha value is -4.07. The summed E-state index contributed by atoms with van der Waals surface area (Å²) in [5.41, 5.74) is 3.01. The minimum absolute atomic E-state index is 0.282. The maximum atomic E-state index is 5.33. The number of aromatic nitrogens is 6. The number of furan rings is 1. The average Bonchev–Trinajstić information content (AvgIpc) is 3.48. The van der Waals surface area contributed by atoms with Crippen LogP contribution in [0, 0.1) is 0 Å². The van der Waals surface area contributed by atoms with E-state index in [0.717, 1.165) is 16.9 Å². The van der Waals surface area contributed by atoms with Crippen LogP contribution >= 0.6 is 0 Å². The van der Waals surface area contributed by atoms with E-state index in [2.05, 4.69) is 25.4 Å².